The summed E-state index contributed by atoms with van der Waals surface area (Å²) >= 11 is 0. The molecule has 2 rings (SSSR count). The molecule has 0 aliphatic rings. The number of carbonyl (C=O) groups is 1. The van der Waals surface area contributed by atoms with Crippen LogP contribution in [-0.4, -0.2) is 26.6 Å². The maximum Gasteiger partial charge on any atom is 0.326 e. The van der Waals surface area contributed by atoms with Crippen LogP contribution in [0, 0.1) is 0 Å². The third-order valence-electron chi connectivity index (χ3n) is 3.02. The van der Waals surface area contributed by atoms with E-state index in [2.05, 4.69) is 4.72 Å². The molecule has 0 heterocycles. The zero-order chi connectivity index (χ0) is 16.2. The van der Waals surface area contributed by atoms with Crippen molar-refractivity contribution < 1.29 is 23.1 Å². The predicted octanol–water partition coefficient (Wildman–Crippen LogP) is 2.22. The van der Waals surface area contributed by atoms with Crippen molar-refractivity contribution in [2.24, 2.45) is 0 Å². The van der Waals surface area contributed by atoms with Crippen LogP contribution in [0.1, 0.15) is 11.6 Å². The van der Waals surface area contributed by atoms with E-state index in [1.54, 1.807) is 30.3 Å². The summed E-state index contributed by atoms with van der Waals surface area (Å²) in [6.45, 7) is 0. The zero-order valence-corrected chi connectivity index (χ0v) is 13.8. The van der Waals surface area contributed by atoms with Crippen molar-refractivity contribution in [2.75, 3.05) is 7.11 Å². The van der Waals surface area contributed by atoms with Crippen LogP contribution >= 0.6 is 12.4 Å². The molecule has 2 N–H and O–H groups in total. The SMILES string of the molecule is COc1ccc(S(=O)(=O)NC(C(=O)O)c2ccccc2)cc1.Cl. The van der Waals surface area contributed by atoms with E-state index in [0.717, 1.165) is 0 Å². The molecule has 23 heavy (non-hydrogen) atoms. The molecule has 6 nitrogen and oxygen atoms in total. The lowest BCUT2D eigenvalue weighted by atomic mass is 10.1. The molecule has 0 saturated heterocycles. The Kier molecular flexibility index (Phi) is 6.56. The van der Waals surface area contributed by atoms with Gasteiger partial charge in [0.05, 0.1) is 12.0 Å². The highest BCUT2D eigenvalue weighted by Crippen LogP contribution is 2.19. The average molecular weight is 358 g/mol. The minimum atomic E-state index is -3.96. The zero-order valence-electron chi connectivity index (χ0n) is 12.2. The fourth-order valence-electron chi connectivity index (χ4n) is 1.88. The topological polar surface area (TPSA) is 92.7 Å². The normalized spacial score (nSPS) is 12.0. The number of carboxylic acids is 1. The van der Waals surface area contributed by atoms with Gasteiger partial charge in [0.15, 0.2) is 0 Å². The maximum atomic E-state index is 12.3. The minimum Gasteiger partial charge on any atom is -0.497 e. The van der Waals surface area contributed by atoms with E-state index in [1.807, 2.05) is 0 Å². The Morgan fingerprint density at radius 1 is 1.09 bits per heavy atom. The number of carboxylic acid groups (broad SMARTS) is 1. The van der Waals surface area contributed by atoms with Gasteiger partial charge in [-0.25, -0.2) is 8.42 Å². The Morgan fingerprint density at radius 2 is 1.65 bits per heavy atom. The summed E-state index contributed by atoms with van der Waals surface area (Å²) in [5.41, 5.74) is 0.354. The summed E-state index contributed by atoms with van der Waals surface area (Å²) in [6.07, 6.45) is 0. The summed E-state index contributed by atoms with van der Waals surface area (Å²) in [6, 6.07) is 12.5. The van der Waals surface area contributed by atoms with Gasteiger partial charge in [-0.1, -0.05) is 30.3 Å². The lowest BCUT2D eigenvalue weighted by Gasteiger charge is -2.15. The lowest BCUT2D eigenvalue weighted by Crippen LogP contribution is -2.33. The molecule has 0 amide bonds. The van der Waals surface area contributed by atoms with Gasteiger partial charge in [-0.15, -0.1) is 12.4 Å². The molecule has 0 spiro atoms. The highest BCUT2D eigenvalue weighted by Gasteiger charge is 2.26. The van der Waals surface area contributed by atoms with E-state index >= 15 is 0 Å². The summed E-state index contributed by atoms with van der Waals surface area (Å²) in [4.78, 5) is 11.3. The van der Waals surface area contributed by atoms with Gasteiger partial charge in [0.2, 0.25) is 10.0 Å². The number of hydrogen-bond donors (Lipinski definition) is 2. The first-order chi connectivity index (χ1) is 10.4. The molecule has 2 aromatic carbocycles. The van der Waals surface area contributed by atoms with Crippen molar-refractivity contribution >= 4 is 28.4 Å². The van der Waals surface area contributed by atoms with E-state index in [4.69, 9.17) is 4.74 Å². The molecule has 124 valence electrons. The second-order valence-corrected chi connectivity index (χ2v) is 6.19. The second kappa shape index (κ2) is 7.96. The van der Waals surface area contributed by atoms with Crippen LogP contribution in [0.2, 0.25) is 0 Å². The maximum absolute atomic E-state index is 12.3. The first-order valence-corrected chi connectivity index (χ1v) is 7.86. The van der Waals surface area contributed by atoms with E-state index in [0.29, 0.717) is 11.3 Å². The minimum absolute atomic E-state index is 0. The molecule has 1 atom stereocenters. The first kappa shape index (κ1) is 19.0. The van der Waals surface area contributed by atoms with Crippen LogP contribution < -0.4 is 9.46 Å². The Hall–Kier alpha value is -2.09. The second-order valence-electron chi connectivity index (χ2n) is 4.48. The number of nitrogens with one attached hydrogen (secondary N) is 1. The summed E-state index contributed by atoms with van der Waals surface area (Å²) < 4.78 is 31.8. The summed E-state index contributed by atoms with van der Waals surface area (Å²) in [5.74, 6) is -0.764. The molecule has 0 fully saturated rings. The molecule has 0 aromatic heterocycles. The Bertz CT molecular complexity index is 747. The van der Waals surface area contributed by atoms with E-state index in [1.165, 1.54) is 31.4 Å². The molecule has 0 radical (unpaired) electrons. The van der Waals surface area contributed by atoms with Crippen molar-refractivity contribution in [3.05, 3.63) is 60.2 Å². The highest BCUT2D eigenvalue weighted by atomic mass is 35.5. The van der Waals surface area contributed by atoms with Crippen molar-refractivity contribution in [3.8, 4) is 5.75 Å². The fraction of sp³-hybridized carbons (Fsp3) is 0.133. The van der Waals surface area contributed by atoms with E-state index in [9.17, 15) is 18.3 Å². The molecule has 1 unspecified atom stereocenters. The van der Waals surface area contributed by atoms with Gasteiger partial charge in [-0.2, -0.15) is 4.72 Å². The van der Waals surface area contributed by atoms with Crippen molar-refractivity contribution in [3.63, 3.8) is 0 Å². The summed E-state index contributed by atoms with van der Waals surface area (Å²) in [5, 5.41) is 9.27. The quantitative estimate of drug-likeness (QED) is 0.826. The lowest BCUT2D eigenvalue weighted by molar-refractivity contribution is -0.139. The van der Waals surface area contributed by atoms with Crippen molar-refractivity contribution in [1.29, 1.82) is 0 Å². The molecule has 0 aliphatic heterocycles. The number of methoxy groups -OCH3 is 1. The molecule has 0 bridgehead atoms. The van der Waals surface area contributed by atoms with Crippen LogP contribution in [-0.2, 0) is 14.8 Å². The third kappa shape index (κ3) is 4.69. The number of rotatable bonds is 6. The number of aliphatic carboxylic acids is 1. The van der Waals surface area contributed by atoms with Gasteiger partial charge >= 0.3 is 5.97 Å². The molecule has 8 heteroatoms. The van der Waals surface area contributed by atoms with Gasteiger partial charge in [-0.05, 0) is 29.8 Å². The predicted molar refractivity (Wildman–Crippen MR) is 87.4 cm³/mol. The van der Waals surface area contributed by atoms with Crippen LogP contribution in [0.3, 0.4) is 0 Å². The fourth-order valence-corrected chi connectivity index (χ4v) is 3.06. The van der Waals surface area contributed by atoms with Crippen molar-refractivity contribution in [2.45, 2.75) is 10.9 Å². The number of benzene rings is 2. The third-order valence-corrected chi connectivity index (χ3v) is 4.46. The first-order valence-electron chi connectivity index (χ1n) is 6.38. The average Bonchev–Trinajstić information content (AvgIpc) is 2.53. The van der Waals surface area contributed by atoms with Gasteiger partial charge in [0.1, 0.15) is 11.8 Å². The van der Waals surface area contributed by atoms with Crippen LogP contribution in [0.4, 0.5) is 0 Å². The van der Waals surface area contributed by atoms with Gasteiger partial charge in [0.25, 0.3) is 0 Å². The van der Waals surface area contributed by atoms with Crippen molar-refractivity contribution in [1.82, 2.24) is 4.72 Å². The van der Waals surface area contributed by atoms with Crippen LogP contribution in [0.15, 0.2) is 59.5 Å². The summed E-state index contributed by atoms with van der Waals surface area (Å²) in [7, 11) is -2.49. The molecular formula is C15H16ClNO5S. The Balaban J connectivity index is 0.00000264. The van der Waals surface area contributed by atoms with Gasteiger partial charge < -0.3 is 9.84 Å². The van der Waals surface area contributed by atoms with E-state index < -0.39 is 22.0 Å². The highest BCUT2D eigenvalue weighted by molar-refractivity contribution is 7.89. The number of sulfonamides is 1. The van der Waals surface area contributed by atoms with Gasteiger partial charge in [0, 0.05) is 0 Å². The smallest absolute Gasteiger partial charge is 0.326 e. The van der Waals surface area contributed by atoms with Crippen LogP contribution in [0.25, 0.3) is 0 Å². The van der Waals surface area contributed by atoms with E-state index in [-0.39, 0.29) is 17.3 Å². The molecular weight excluding hydrogens is 342 g/mol. The monoisotopic (exact) mass is 357 g/mol. The van der Waals surface area contributed by atoms with Gasteiger partial charge in [-0.3, -0.25) is 4.79 Å². The Labute approximate surface area is 140 Å². The van der Waals surface area contributed by atoms with Crippen LogP contribution in [0.5, 0.6) is 5.75 Å². The standard InChI is InChI=1S/C15H15NO5S.ClH/c1-21-12-7-9-13(10-8-12)22(19,20)16-14(15(17)18)11-5-3-2-4-6-11;/h2-10,14,16H,1H3,(H,17,18);1H. The number of ether oxygens (including phenoxy) is 1. The largest absolute Gasteiger partial charge is 0.497 e. The Morgan fingerprint density at radius 3 is 2.13 bits per heavy atom. The molecule has 2 aromatic rings. The number of halogens is 1. The molecule has 0 aliphatic carbocycles. The number of hydrogen-bond acceptors (Lipinski definition) is 4. The molecule has 0 saturated carbocycles.